The Morgan fingerprint density at radius 2 is 1.39 bits per heavy atom. The van der Waals surface area contributed by atoms with E-state index in [1.54, 1.807) is 48.5 Å². The monoisotopic (exact) mass is 413 g/mol. The van der Waals surface area contributed by atoms with Gasteiger partial charge >= 0.3 is 18.2 Å². The molecule has 0 aromatic carbocycles. The SMILES string of the molecule is CCOC(=O)c1c(N(C(=O)OC(C)(C)C)C(=O)OC(C)(C)C)sc(C)c1CC. The van der Waals surface area contributed by atoms with Gasteiger partial charge in [0.1, 0.15) is 16.2 Å². The Hall–Kier alpha value is -2.09. The number of aryl methyl sites for hydroxylation is 1. The van der Waals surface area contributed by atoms with Crippen LogP contribution in [0.2, 0.25) is 0 Å². The van der Waals surface area contributed by atoms with Crippen LogP contribution >= 0.6 is 11.3 Å². The number of carbonyl (C=O) groups excluding carboxylic acids is 3. The lowest BCUT2D eigenvalue weighted by Crippen LogP contribution is -2.44. The summed E-state index contributed by atoms with van der Waals surface area (Å²) in [5, 5.41) is 0.149. The van der Waals surface area contributed by atoms with E-state index in [1.165, 1.54) is 0 Å². The van der Waals surface area contributed by atoms with E-state index in [-0.39, 0.29) is 17.2 Å². The Balaban J connectivity index is 3.59. The van der Waals surface area contributed by atoms with Gasteiger partial charge in [-0.1, -0.05) is 6.92 Å². The van der Waals surface area contributed by atoms with Gasteiger partial charge in [0.05, 0.1) is 12.2 Å². The number of imide groups is 1. The molecule has 0 spiro atoms. The summed E-state index contributed by atoms with van der Waals surface area (Å²) in [6.07, 6.45) is -1.26. The number of anilines is 1. The predicted octanol–water partition coefficient (Wildman–Crippen LogP) is 5.47. The highest BCUT2D eigenvalue weighted by Crippen LogP contribution is 2.38. The van der Waals surface area contributed by atoms with Crippen LogP contribution in [-0.2, 0) is 20.6 Å². The Bertz CT molecular complexity index is 711. The molecule has 8 heteroatoms. The average Bonchev–Trinajstić information content (AvgIpc) is 2.79. The molecule has 28 heavy (non-hydrogen) atoms. The van der Waals surface area contributed by atoms with E-state index in [4.69, 9.17) is 14.2 Å². The van der Waals surface area contributed by atoms with Crippen LogP contribution in [0.3, 0.4) is 0 Å². The first-order valence-corrected chi connectivity index (χ1v) is 10.1. The third-order valence-corrected chi connectivity index (χ3v) is 4.51. The zero-order valence-corrected chi connectivity index (χ0v) is 19.0. The fourth-order valence-electron chi connectivity index (χ4n) is 2.42. The van der Waals surface area contributed by atoms with Gasteiger partial charge in [0.2, 0.25) is 0 Å². The van der Waals surface area contributed by atoms with Crippen molar-refractivity contribution in [1.82, 2.24) is 0 Å². The molecule has 1 heterocycles. The molecule has 0 aliphatic rings. The second-order valence-corrected chi connectivity index (χ2v) is 9.39. The summed E-state index contributed by atoms with van der Waals surface area (Å²) in [4.78, 5) is 40.0. The number of thiophene rings is 1. The third-order valence-electron chi connectivity index (χ3n) is 3.38. The molecule has 2 amide bonds. The first-order valence-electron chi connectivity index (χ1n) is 9.27. The van der Waals surface area contributed by atoms with Crippen molar-refractivity contribution < 1.29 is 28.6 Å². The van der Waals surface area contributed by atoms with Crippen molar-refractivity contribution in [2.75, 3.05) is 11.5 Å². The second-order valence-electron chi connectivity index (χ2n) is 8.19. The first-order chi connectivity index (χ1) is 12.7. The zero-order chi connectivity index (χ0) is 21.9. The van der Waals surface area contributed by atoms with Crippen LogP contribution < -0.4 is 4.90 Å². The highest BCUT2D eigenvalue weighted by molar-refractivity contribution is 7.17. The molecule has 1 aromatic rings. The molecule has 1 aromatic heterocycles. The van der Waals surface area contributed by atoms with Gasteiger partial charge in [0.25, 0.3) is 0 Å². The van der Waals surface area contributed by atoms with Gasteiger partial charge < -0.3 is 14.2 Å². The predicted molar refractivity (Wildman–Crippen MR) is 109 cm³/mol. The number of carbonyl (C=O) groups is 3. The van der Waals surface area contributed by atoms with Crippen molar-refractivity contribution in [2.45, 2.75) is 79.9 Å². The summed E-state index contributed by atoms with van der Waals surface area (Å²) in [6.45, 7) is 15.8. The van der Waals surface area contributed by atoms with E-state index in [0.29, 0.717) is 6.42 Å². The van der Waals surface area contributed by atoms with E-state index in [0.717, 1.165) is 26.7 Å². The van der Waals surface area contributed by atoms with Gasteiger partial charge in [0.15, 0.2) is 0 Å². The molecule has 1 rings (SSSR count). The number of hydrogen-bond acceptors (Lipinski definition) is 7. The lowest BCUT2D eigenvalue weighted by atomic mass is 10.1. The van der Waals surface area contributed by atoms with Crippen LogP contribution in [0, 0.1) is 6.92 Å². The van der Waals surface area contributed by atoms with E-state index >= 15 is 0 Å². The Labute approximate surface area is 170 Å². The maximum Gasteiger partial charge on any atom is 0.425 e. The number of esters is 1. The normalized spacial score (nSPS) is 11.8. The third kappa shape index (κ3) is 6.22. The Kier molecular flexibility index (Phi) is 7.65. The van der Waals surface area contributed by atoms with Crippen LogP contribution in [-0.4, -0.2) is 36.0 Å². The first kappa shape index (κ1) is 23.9. The quantitative estimate of drug-likeness (QED) is 0.481. The maximum absolute atomic E-state index is 12.9. The van der Waals surface area contributed by atoms with Gasteiger partial charge in [-0.15, -0.1) is 11.3 Å². The molecule has 0 unspecified atom stereocenters. The lowest BCUT2D eigenvalue weighted by molar-refractivity contribution is 0.0432. The molecular weight excluding hydrogens is 382 g/mol. The van der Waals surface area contributed by atoms with Crippen molar-refractivity contribution in [2.24, 2.45) is 0 Å². The minimum Gasteiger partial charge on any atom is -0.462 e. The number of hydrogen-bond donors (Lipinski definition) is 0. The summed E-state index contributed by atoms with van der Waals surface area (Å²) >= 11 is 1.16. The second kappa shape index (κ2) is 8.94. The Morgan fingerprint density at radius 1 is 0.929 bits per heavy atom. The number of ether oxygens (including phenoxy) is 3. The molecule has 0 atom stereocenters. The van der Waals surface area contributed by atoms with Crippen molar-refractivity contribution in [3.63, 3.8) is 0 Å². The smallest absolute Gasteiger partial charge is 0.425 e. The maximum atomic E-state index is 12.9. The van der Waals surface area contributed by atoms with Crippen LogP contribution in [0.5, 0.6) is 0 Å². The number of rotatable bonds is 4. The molecule has 0 aliphatic heterocycles. The summed E-state index contributed by atoms with van der Waals surface area (Å²) in [6, 6.07) is 0. The minimum absolute atomic E-state index is 0.149. The fourth-order valence-corrected chi connectivity index (χ4v) is 3.62. The van der Waals surface area contributed by atoms with Gasteiger partial charge in [-0.05, 0) is 67.4 Å². The topological polar surface area (TPSA) is 82.1 Å². The van der Waals surface area contributed by atoms with Gasteiger partial charge in [0, 0.05) is 4.88 Å². The highest BCUT2D eigenvalue weighted by Gasteiger charge is 2.38. The van der Waals surface area contributed by atoms with Gasteiger partial charge in [-0.25, -0.2) is 14.4 Å². The van der Waals surface area contributed by atoms with Crippen LogP contribution in [0.25, 0.3) is 0 Å². The van der Waals surface area contributed by atoms with Gasteiger partial charge in [-0.2, -0.15) is 4.90 Å². The van der Waals surface area contributed by atoms with E-state index in [1.807, 2.05) is 13.8 Å². The van der Waals surface area contributed by atoms with Crippen LogP contribution in [0.1, 0.15) is 76.2 Å². The number of amides is 2. The summed E-state index contributed by atoms with van der Waals surface area (Å²) in [7, 11) is 0. The van der Waals surface area contributed by atoms with E-state index < -0.39 is 29.4 Å². The fraction of sp³-hybridized carbons (Fsp3) is 0.650. The molecule has 0 fully saturated rings. The van der Waals surface area contributed by atoms with E-state index in [2.05, 4.69) is 0 Å². The van der Waals surface area contributed by atoms with Crippen molar-refractivity contribution >= 4 is 34.5 Å². The summed E-state index contributed by atoms with van der Waals surface area (Å²) < 4.78 is 16.0. The molecule has 0 aliphatic carbocycles. The largest absolute Gasteiger partial charge is 0.462 e. The highest BCUT2D eigenvalue weighted by atomic mass is 32.1. The standard InChI is InChI=1S/C20H31NO6S/c1-10-13-12(3)28-15(14(13)16(22)25-11-2)21(17(23)26-19(4,5)6)18(24)27-20(7,8)9/h10-11H2,1-9H3. The van der Waals surface area contributed by atoms with Crippen LogP contribution in [0.4, 0.5) is 14.6 Å². The lowest BCUT2D eigenvalue weighted by Gasteiger charge is -2.28. The molecule has 0 bridgehead atoms. The average molecular weight is 414 g/mol. The van der Waals surface area contributed by atoms with Gasteiger partial charge in [-0.3, -0.25) is 0 Å². The zero-order valence-electron chi connectivity index (χ0n) is 18.2. The molecule has 0 N–H and O–H groups in total. The van der Waals surface area contributed by atoms with Crippen molar-refractivity contribution in [3.05, 3.63) is 16.0 Å². The molecular formula is C20H31NO6S. The minimum atomic E-state index is -0.906. The summed E-state index contributed by atoms with van der Waals surface area (Å²) in [5.74, 6) is -0.587. The molecule has 0 saturated carbocycles. The number of nitrogens with zero attached hydrogens (tertiary/aromatic N) is 1. The van der Waals surface area contributed by atoms with Crippen LogP contribution in [0.15, 0.2) is 0 Å². The van der Waals surface area contributed by atoms with Crippen molar-refractivity contribution in [1.29, 1.82) is 0 Å². The molecule has 7 nitrogen and oxygen atoms in total. The van der Waals surface area contributed by atoms with E-state index in [9.17, 15) is 14.4 Å². The molecule has 0 saturated heterocycles. The molecule has 0 radical (unpaired) electrons. The Morgan fingerprint density at radius 3 is 1.75 bits per heavy atom. The van der Waals surface area contributed by atoms with Crippen molar-refractivity contribution in [3.8, 4) is 0 Å². The molecule has 158 valence electrons. The summed E-state index contributed by atoms with van der Waals surface area (Å²) in [5.41, 5.74) is -0.734.